The largest absolute Gasteiger partial charge is 0.338 e. The second kappa shape index (κ2) is 6.09. The summed E-state index contributed by atoms with van der Waals surface area (Å²) in [6.45, 7) is 1.84. The summed E-state index contributed by atoms with van der Waals surface area (Å²) in [5.41, 5.74) is 5.10. The summed E-state index contributed by atoms with van der Waals surface area (Å²) in [5, 5.41) is 19.6. The second-order valence-corrected chi connectivity index (χ2v) is 7.48. The first kappa shape index (κ1) is 16.8. The van der Waals surface area contributed by atoms with E-state index in [9.17, 15) is 0 Å². The van der Waals surface area contributed by atoms with Crippen molar-refractivity contribution >= 4 is 17.9 Å². The van der Waals surface area contributed by atoms with Crippen molar-refractivity contribution in [2.75, 3.05) is 4.90 Å². The Morgan fingerprint density at radius 2 is 2.00 bits per heavy atom. The van der Waals surface area contributed by atoms with Gasteiger partial charge in [-0.1, -0.05) is 11.2 Å². The van der Waals surface area contributed by atoms with Crippen molar-refractivity contribution in [1.82, 2.24) is 15.1 Å². The van der Waals surface area contributed by atoms with E-state index in [2.05, 4.69) is 27.3 Å². The van der Waals surface area contributed by atoms with Crippen LogP contribution in [0.5, 0.6) is 0 Å². The third-order valence-corrected chi connectivity index (χ3v) is 5.70. The molecule has 0 radical (unpaired) electrons. The highest BCUT2D eigenvalue weighted by molar-refractivity contribution is 6.11. The highest BCUT2D eigenvalue weighted by atomic mass is 16.5. The molecule has 7 nitrogen and oxygen atoms in total. The monoisotopic (exact) mass is 372 g/mol. The number of benzene rings is 1. The number of pyridine rings is 1. The van der Waals surface area contributed by atoms with E-state index in [1.807, 2.05) is 31.5 Å². The Bertz CT molecular complexity index is 1100. The quantitative estimate of drug-likeness (QED) is 0.535. The first-order chi connectivity index (χ1) is 13.6. The number of aromatic nitrogens is 3. The van der Waals surface area contributed by atoms with Gasteiger partial charge in [0.25, 0.3) is 0 Å². The van der Waals surface area contributed by atoms with Crippen LogP contribution < -0.4 is 4.90 Å². The first-order valence-electron chi connectivity index (χ1n) is 9.37. The molecule has 3 heterocycles. The average Bonchev–Trinajstić information content (AvgIpc) is 3.42. The van der Waals surface area contributed by atoms with Gasteiger partial charge in [-0.2, -0.15) is 4.98 Å². The number of rotatable bonds is 4. The zero-order valence-electron chi connectivity index (χ0n) is 15.6. The van der Waals surface area contributed by atoms with Gasteiger partial charge in [0, 0.05) is 24.4 Å². The first-order valence-corrected chi connectivity index (χ1v) is 9.37. The Hall–Kier alpha value is -3.35. The number of aryl methyl sites for hydroxylation is 2. The molecule has 0 bridgehead atoms. The summed E-state index contributed by atoms with van der Waals surface area (Å²) >= 11 is 0. The second-order valence-electron chi connectivity index (χ2n) is 7.48. The van der Waals surface area contributed by atoms with Gasteiger partial charge >= 0.3 is 0 Å². The van der Waals surface area contributed by atoms with Gasteiger partial charge in [0.05, 0.1) is 17.4 Å². The molecule has 0 amide bonds. The Kier molecular flexibility index (Phi) is 3.65. The van der Waals surface area contributed by atoms with Crippen LogP contribution in [0, 0.1) is 17.7 Å². The van der Waals surface area contributed by atoms with Gasteiger partial charge in [0.1, 0.15) is 5.84 Å². The predicted octanol–water partition coefficient (Wildman–Crippen LogP) is 3.86. The molecule has 3 aromatic rings. The van der Waals surface area contributed by atoms with Crippen molar-refractivity contribution in [3.8, 4) is 11.1 Å². The molecule has 1 aromatic carbocycles. The number of nitrogens with zero attached hydrogens (tertiary/aromatic N) is 4. The summed E-state index contributed by atoms with van der Waals surface area (Å²) in [7, 11) is 0. The smallest absolute Gasteiger partial charge is 0.237 e. The van der Waals surface area contributed by atoms with E-state index in [0.717, 1.165) is 47.2 Å². The molecule has 1 saturated carbocycles. The number of hydrogen-bond donors (Lipinski definition) is 2. The normalized spacial score (nSPS) is 17.3. The van der Waals surface area contributed by atoms with Crippen molar-refractivity contribution < 1.29 is 4.52 Å². The Balaban J connectivity index is 1.53. The number of nitrogens with one attached hydrogen (secondary N) is 2. The van der Waals surface area contributed by atoms with Crippen LogP contribution in [-0.2, 0) is 11.8 Å². The molecule has 7 heteroatoms. The molecule has 2 aliphatic rings. The summed E-state index contributed by atoms with van der Waals surface area (Å²) in [5.74, 6) is 1.79. The minimum Gasteiger partial charge on any atom is -0.338 e. The van der Waals surface area contributed by atoms with E-state index in [0.29, 0.717) is 24.0 Å². The zero-order valence-corrected chi connectivity index (χ0v) is 15.6. The van der Waals surface area contributed by atoms with Crippen LogP contribution in [0.15, 0.2) is 41.2 Å². The lowest BCUT2D eigenvalue weighted by atomic mass is 9.93. The molecular weight excluding hydrogens is 352 g/mol. The van der Waals surface area contributed by atoms with Gasteiger partial charge in [-0.25, -0.2) is 0 Å². The summed E-state index contributed by atoms with van der Waals surface area (Å²) in [4.78, 5) is 10.6. The third kappa shape index (κ3) is 2.54. The van der Waals surface area contributed by atoms with Crippen molar-refractivity contribution in [3.05, 3.63) is 59.5 Å². The van der Waals surface area contributed by atoms with E-state index in [1.54, 1.807) is 4.90 Å². The minimum absolute atomic E-state index is 0.204. The molecule has 0 atom stereocenters. The van der Waals surface area contributed by atoms with Crippen LogP contribution in [0.1, 0.15) is 42.1 Å². The fraction of sp³-hybridized carbons (Fsp3) is 0.286. The maximum Gasteiger partial charge on any atom is 0.237 e. The number of anilines is 1. The van der Waals surface area contributed by atoms with Crippen molar-refractivity contribution in [2.45, 2.75) is 38.0 Å². The Morgan fingerprint density at radius 3 is 2.71 bits per heavy atom. The highest BCUT2D eigenvalue weighted by Gasteiger charge is 2.51. The van der Waals surface area contributed by atoms with Crippen LogP contribution in [0.3, 0.4) is 0 Å². The van der Waals surface area contributed by atoms with Crippen LogP contribution in [-0.4, -0.2) is 27.3 Å². The van der Waals surface area contributed by atoms with Crippen molar-refractivity contribution in [3.63, 3.8) is 0 Å². The Morgan fingerprint density at radius 1 is 1.14 bits per heavy atom. The molecule has 0 saturated heterocycles. The molecule has 5 rings (SSSR count). The van der Waals surface area contributed by atoms with Crippen LogP contribution >= 0.6 is 0 Å². The summed E-state index contributed by atoms with van der Waals surface area (Å²) < 4.78 is 5.46. The average molecular weight is 372 g/mol. The maximum atomic E-state index is 8.03. The lowest BCUT2D eigenvalue weighted by molar-refractivity contribution is 0.356. The van der Waals surface area contributed by atoms with Crippen LogP contribution in [0.4, 0.5) is 5.69 Å². The van der Waals surface area contributed by atoms with Gasteiger partial charge in [0.2, 0.25) is 5.89 Å². The zero-order chi connectivity index (χ0) is 19.3. The fourth-order valence-corrected chi connectivity index (χ4v) is 3.97. The Labute approximate surface area is 162 Å². The molecule has 1 aliphatic heterocycles. The molecule has 1 aliphatic carbocycles. The minimum atomic E-state index is -0.204. The molecule has 0 spiro atoms. The van der Waals surface area contributed by atoms with E-state index in [1.165, 1.54) is 6.34 Å². The maximum absolute atomic E-state index is 8.03. The topological polar surface area (TPSA) is 103 Å². The molecule has 1 fully saturated rings. The van der Waals surface area contributed by atoms with Gasteiger partial charge in [-0.15, -0.1) is 0 Å². The SMILES string of the molecule is Cc1noc(C2(c3cncc(-c4ccc5c(c4)CCC(=N)N5C=N)c3)CC2)n1. The lowest BCUT2D eigenvalue weighted by Crippen LogP contribution is -2.32. The standard InChI is InChI=1S/C21H20N6O/c1-13-25-20(28-26-13)21(6-7-21)17-9-16(10-24-11-17)14-2-4-18-15(8-14)3-5-19(23)27(18)12-22/h2,4,8-12,22-23H,3,5-7H2,1H3. The fourth-order valence-electron chi connectivity index (χ4n) is 3.97. The van der Waals surface area contributed by atoms with Gasteiger partial charge in [0.15, 0.2) is 5.82 Å². The molecule has 2 aromatic heterocycles. The van der Waals surface area contributed by atoms with E-state index in [-0.39, 0.29) is 5.41 Å². The number of amidine groups is 1. The van der Waals surface area contributed by atoms with E-state index < -0.39 is 0 Å². The van der Waals surface area contributed by atoms with Gasteiger partial charge in [-0.05, 0) is 61.1 Å². The molecule has 28 heavy (non-hydrogen) atoms. The summed E-state index contributed by atoms with van der Waals surface area (Å²) in [6, 6.07) is 8.34. The van der Waals surface area contributed by atoms with Gasteiger partial charge in [-0.3, -0.25) is 20.7 Å². The molecule has 140 valence electrons. The molecular formula is C21H20N6O. The lowest BCUT2D eigenvalue weighted by Gasteiger charge is -2.28. The summed E-state index contributed by atoms with van der Waals surface area (Å²) in [6.07, 6.45) is 8.41. The third-order valence-electron chi connectivity index (χ3n) is 5.70. The predicted molar refractivity (Wildman–Crippen MR) is 106 cm³/mol. The number of fused-ring (bicyclic) bond motifs is 1. The van der Waals surface area contributed by atoms with E-state index >= 15 is 0 Å². The van der Waals surface area contributed by atoms with Crippen molar-refractivity contribution in [2.24, 2.45) is 0 Å². The van der Waals surface area contributed by atoms with Crippen LogP contribution in [0.25, 0.3) is 11.1 Å². The number of hydrogen-bond acceptors (Lipinski definition) is 6. The molecule has 2 N–H and O–H groups in total. The van der Waals surface area contributed by atoms with Crippen LogP contribution in [0.2, 0.25) is 0 Å². The highest BCUT2D eigenvalue weighted by Crippen LogP contribution is 2.53. The van der Waals surface area contributed by atoms with E-state index in [4.69, 9.17) is 15.3 Å². The molecule has 0 unspecified atom stereocenters. The van der Waals surface area contributed by atoms with Gasteiger partial charge < -0.3 is 4.52 Å². The van der Waals surface area contributed by atoms with Crippen molar-refractivity contribution in [1.29, 1.82) is 10.8 Å².